The summed E-state index contributed by atoms with van der Waals surface area (Å²) in [6.45, 7) is 2.94. The molecular formula is C13H28BN3O3PS. The molecule has 0 aliphatic carbocycles. The van der Waals surface area contributed by atoms with Gasteiger partial charge in [-0.15, -0.1) is 0 Å². The molecule has 0 aliphatic heterocycles. The van der Waals surface area contributed by atoms with E-state index >= 15 is 0 Å². The first-order valence-corrected chi connectivity index (χ1v) is 10.0. The highest BCUT2D eigenvalue weighted by molar-refractivity contribution is 8.53. The van der Waals surface area contributed by atoms with Crippen LogP contribution in [0, 0.1) is 0 Å². The topological polar surface area (TPSA) is 87.5 Å². The van der Waals surface area contributed by atoms with Crippen molar-refractivity contribution in [3.8, 4) is 0 Å². The monoisotopic (exact) mass is 351 g/mol. The maximum atomic E-state index is 9.87. The normalized spacial score (nSPS) is 16.1. The van der Waals surface area contributed by atoms with E-state index in [4.69, 9.17) is 17.1 Å². The van der Waals surface area contributed by atoms with E-state index in [1.807, 2.05) is 0 Å². The first-order valence-electron chi connectivity index (χ1n) is 8.75. The summed E-state index contributed by atoms with van der Waals surface area (Å²) in [7, 11) is -0.359. The second kappa shape index (κ2) is 17.4. The Kier molecular flexibility index (Phi) is 14.5. The number of hydrogen-bond donors (Lipinski definition) is 1. The average Bonchev–Trinajstić information content (AvgIpc) is 2.58. The quantitative estimate of drug-likeness (QED) is 0.0820. The lowest BCUT2D eigenvalue weighted by Gasteiger charge is -2.13. The van der Waals surface area contributed by atoms with Crippen LogP contribution in [0.15, 0.2) is 5.11 Å². The van der Waals surface area contributed by atoms with Crippen molar-refractivity contribution in [2.45, 2.75) is 64.0 Å². The Morgan fingerprint density at radius 2 is 2.27 bits per heavy atom. The molecule has 0 fully saturated rings. The van der Waals surface area contributed by atoms with E-state index in [0.717, 1.165) is 38.5 Å². The fourth-order valence-corrected chi connectivity index (χ4v) is 2.54. The molecule has 1 unspecified atom stereocenters. The molecular weight excluding hydrogens is 320 g/mol. The van der Waals surface area contributed by atoms with Crippen LogP contribution in [-0.2, 0) is 8.92 Å². The van der Waals surface area contributed by atoms with E-state index in [9.17, 15) is 5.11 Å². The minimum atomic E-state index is -1.38. The second-order valence-electron chi connectivity index (χ2n) is 5.04. The van der Waals surface area contributed by atoms with Gasteiger partial charge in [-0.2, -0.15) is 0 Å². The summed E-state index contributed by atoms with van der Waals surface area (Å²) < 4.78 is 24.9. The molecule has 0 saturated heterocycles. The van der Waals surface area contributed by atoms with Crippen molar-refractivity contribution in [3.05, 3.63) is 10.4 Å². The van der Waals surface area contributed by atoms with Crippen LogP contribution in [0.2, 0.25) is 0 Å². The van der Waals surface area contributed by atoms with Crippen LogP contribution in [0.4, 0.5) is 0 Å². The zero-order valence-corrected chi connectivity index (χ0v) is 15.0. The molecule has 9 heteroatoms. The van der Waals surface area contributed by atoms with Gasteiger partial charge in [0.15, 0.2) is 0 Å². The van der Waals surface area contributed by atoms with Crippen LogP contribution in [-0.4, -0.2) is 47.2 Å². The smallest absolute Gasteiger partial charge is 0.137 e. The van der Waals surface area contributed by atoms with Gasteiger partial charge in [-0.3, -0.25) is 0 Å². The Bertz CT molecular complexity index is 348. The van der Waals surface area contributed by atoms with Crippen molar-refractivity contribution >= 4 is 26.8 Å². The summed E-state index contributed by atoms with van der Waals surface area (Å²) in [5, 5.41) is 13.5. The van der Waals surface area contributed by atoms with Gasteiger partial charge < -0.3 is 14.0 Å². The summed E-state index contributed by atoms with van der Waals surface area (Å²) in [5.41, 5.74) is 8.53. The van der Waals surface area contributed by atoms with Crippen molar-refractivity contribution in [1.82, 2.24) is 0 Å². The van der Waals surface area contributed by atoms with Crippen molar-refractivity contribution < 1.29 is 14.0 Å². The Balaban J connectivity index is 3.70. The van der Waals surface area contributed by atoms with E-state index in [1.165, 1.54) is 19.3 Å². The number of aliphatic hydroxyl groups is 1. The summed E-state index contributed by atoms with van der Waals surface area (Å²) in [4.78, 5) is 2.75. The third-order valence-electron chi connectivity index (χ3n) is 3.12. The van der Waals surface area contributed by atoms with Gasteiger partial charge in [0.05, 0.1) is 26.6 Å². The van der Waals surface area contributed by atoms with Crippen molar-refractivity contribution in [2.24, 2.45) is 5.11 Å². The first-order chi connectivity index (χ1) is 11.6. The number of aliphatic hydroxyl groups excluding tert-OH is 1. The molecule has 22 heavy (non-hydrogen) atoms. The fourth-order valence-electron chi connectivity index (χ4n) is 1.89. The standard InChI is InChI=1S/C13H28BN3O3PS/c1-2-3-4-5-6-7-13(18)8-9-19-10-12(16-17-15)11-20-22-21-14/h12-14,18,21H,2-11H2,1H3/t12-,13-,21?/m1/s1/i14T,21D. The van der Waals surface area contributed by atoms with Crippen molar-refractivity contribution in [1.29, 1.82) is 2.61 Å². The Labute approximate surface area is 143 Å². The Morgan fingerprint density at radius 1 is 1.45 bits per heavy atom. The molecule has 0 saturated carbocycles. The average molecular weight is 351 g/mol. The van der Waals surface area contributed by atoms with E-state index in [1.54, 1.807) is 0 Å². The molecule has 0 aliphatic rings. The van der Waals surface area contributed by atoms with Crippen LogP contribution in [0.1, 0.15) is 51.9 Å². The highest BCUT2D eigenvalue weighted by Crippen LogP contribution is 2.24. The van der Waals surface area contributed by atoms with Gasteiger partial charge in [-0.1, -0.05) is 51.7 Å². The zero-order valence-electron chi connectivity index (χ0n) is 15.3. The largest absolute Gasteiger partial charge is 0.393 e. The third kappa shape index (κ3) is 15.0. The fraction of sp³-hybridized carbons (Fsp3) is 1.00. The lowest BCUT2D eigenvalue weighted by atomic mass is 10.1. The van der Waals surface area contributed by atoms with Gasteiger partial charge in [0.1, 0.15) is 7.53 Å². The summed E-state index contributed by atoms with van der Waals surface area (Å²) in [5.74, 6) is 0. The van der Waals surface area contributed by atoms with Gasteiger partial charge >= 0.3 is 0 Å². The minimum absolute atomic E-state index is 0.139. The van der Waals surface area contributed by atoms with Gasteiger partial charge in [0.25, 0.3) is 0 Å². The first kappa shape index (κ1) is 18.4. The van der Waals surface area contributed by atoms with Gasteiger partial charge in [0, 0.05) is 23.2 Å². The van der Waals surface area contributed by atoms with Crippen LogP contribution >= 0.6 is 19.3 Å². The number of nitrogens with zero attached hydrogens (tertiary/aromatic N) is 3. The highest BCUT2D eigenvalue weighted by atomic mass is 32.7. The second-order valence-corrected chi connectivity index (χ2v) is 6.72. The summed E-state index contributed by atoms with van der Waals surface area (Å²) in [6.07, 6.45) is 6.91. The molecule has 0 aromatic heterocycles. The molecule has 6 nitrogen and oxygen atoms in total. The SMILES string of the molecule is [2H]P([B][3H])SOC[C@@H](COCC[C@H](O)CCCCCCC)N=[N+]=[N-]. The van der Waals surface area contributed by atoms with Crippen LogP contribution in [0.3, 0.4) is 0 Å². The minimum Gasteiger partial charge on any atom is -0.393 e. The predicted molar refractivity (Wildman–Crippen MR) is 96.8 cm³/mol. The molecule has 1 radical (unpaired) electrons. The lowest BCUT2D eigenvalue weighted by molar-refractivity contribution is 0.0656. The van der Waals surface area contributed by atoms with Gasteiger partial charge in [-0.05, 0) is 19.7 Å². The Hall–Kier alpha value is 0.0349. The molecule has 0 rings (SSSR count). The predicted octanol–water partition coefficient (Wildman–Crippen LogP) is 3.87. The van der Waals surface area contributed by atoms with Crippen LogP contribution < -0.4 is 0 Å². The highest BCUT2D eigenvalue weighted by Gasteiger charge is 2.09. The van der Waals surface area contributed by atoms with Crippen molar-refractivity contribution in [3.63, 3.8) is 0 Å². The molecule has 3 atom stereocenters. The maximum absolute atomic E-state index is 9.87. The van der Waals surface area contributed by atoms with Gasteiger partial charge in [-0.25, -0.2) is 0 Å². The number of rotatable bonds is 17. The number of ether oxygens (including phenoxy) is 1. The van der Waals surface area contributed by atoms with Gasteiger partial charge in [0.2, 0.25) is 0 Å². The van der Waals surface area contributed by atoms with E-state index in [0.29, 0.717) is 13.0 Å². The van der Waals surface area contributed by atoms with E-state index in [2.05, 4.69) is 16.9 Å². The van der Waals surface area contributed by atoms with Crippen molar-refractivity contribution in [2.75, 3.05) is 19.8 Å². The summed E-state index contributed by atoms with van der Waals surface area (Å²) in [6, 6.07) is -0.470. The molecule has 127 valence electrons. The zero-order chi connectivity index (χ0) is 18.0. The maximum Gasteiger partial charge on any atom is 0.137 e. The van der Waals surface area contributed by atoms with Crippen LogP contribution in [0.5, 0.6) is 0 Å². The lowest BCUT2D eigenvalue weighted by Crippen LogP contribution is -2.20. The molecule has 0 aromatic carbocycles. The number of unbranched alkanes of at least 4 members (excludes halogenated alkanes) is 4. The molecule has 1 N–H and O–H groups in total. The molecule has 0 amide bonds. The third-order valence-corrected chi connectivity index (χ3v) is 4.02. The van der Waals surface area contributed by atoms with E-state index in [-0.39, 0.29) is 19.3 Å². The summed E-state index contributed by atoms with van der Waals surface area (Å²) >= 11 is 0.899. The Morgan fingerprint density at radius 3 is 3.00 bits per heavy atom. The van der Waals surface area contributed by atoms with Crippen LogP contribution in [0.25, 0.3) is 10.4 Å². The van der Waals surface area contributed by atoms with E-state index < -0.39 is 13.6 Å². The number of azide groups is 1. The molecule has 0 spiro atoms. The molecule has 0 bridgehead atoms. The number of hydrogen-bond acceptors (Lipinski definition) is 5. The molecule has 0 aromatic rings. The molecule has 0 heterocycles.